The van der Waals surface area contributed by atoms with Crippen LogP contribution in [0.25, 0.3) is 5.65 Å². The minimum Gasteiger partial charge on any atom is -0.487 e. The molecule has 0 aliphatic carbocycles. The Labute approximate surface area is 145 Å². The number of fused-ring (bicyclic) bond motifs is 1. The van der Waals surface area contributed by atoms with Gasteiger partial charge in [0.05, 0.1) is 11.8 Å². The van der Waals surface area contributed by atoms with Crippen LogP contribution in [0.4, 0.5) is 0 Å². The fraction of sp³-hybridized carbons (Fsp3) is 0.263. The van der Waals surface area contributed by atoms with Gasteiger partial charge in [-0.15, -0.1) is 0 Å². The third-order valence-electron chi connectivity index (χ3n) is 4.29. The number of pyridine rings is 1. The maximum atomic E-state index is 12.2. The molecule has 0 spiro atoms. The number of ether oxygens (including phenoxy) is 1. The van der Waals surface area contributed by atoms with Gasteiger partial charge in [0.2, 0.25) is 0 Å². The van der Waals surface area contributed by atoms with Gasteiger partial charge in [0.25, 0.3) is 5.91 Å². The second kappa shape index (κ2) is 6.22. The Kier molecular flexibility index (Phi) is 3.89. The summed E-state index contributed by atoms with van der Waals surface area (Å²) in [6, 6.07) is 11.1. The second-order valence-corrected chi connectivity index (χ2v) is 6.38. The Morgan fingerprint density at radius 3 is 2.68 bits per heavy atom. The van der Waals surface area contributed by atoms with Gasteiger partial charge >= 0.3 is 0 Å². The lowest BCUT2D eigenvalue weighted by atomic mass is 10.1. The zero-order chi connectivity index (χ0) is 17.4. The van der Waals surface area contributed by atoms with Crippen LogP contribution in [-0.2, 0) is 6.61 Å². The van der Waals surface area contributed by atoms with Gasteiger partial charge < -0.3 is 19.1 Å². The molecule has 1 saturated heterocycles. The molecular formula is C19H19N3O3. The van der Waals surface area contributed by atoms with Gasteiger partial charge in [-0.25, -0.2) is 4.98 Å². The number of carbonyl (C=O) groups is 1. The van der Waals surface area contributed by atoms with Crippen LogP contribution in [0.2, 0.25) is 0 Å². The molecule has 25 heavy (non-hydrogen) atoms. The molecular weight excluding hydrogens is 318 g/mol. The molecule has 3 aromatic rings. The molecule has 128 valence electrons. The number of aryl methyl sites for hydroxylation is 1. The van der Waals surface area contributed by atoms with E-state index >= 15 is 0 Å². The molecule has 2 aromatic heterocycles. The molecule has 0 saturated carbocycles. The molecule has 4 rings (SSSR count). The van der Waals surface area contributed by atoms with Crippen LogP contribution in [0.3, 0.4) is 0 Å². The fourth-order valence-electron chi connectivity index (χ4n) is 2.88. The van der Waals surface area contributed by atoms with E-state index in [1.165, 1.54) is 5.56 Å². The highest BCUT2D eigenvalue weighted by atomic mass is 16.5. The van der Waals surface area contributed by atoms with Gasteiger partial charge in [-0.1, -0.05) is 6.07 Å². The van der Waals surface area contributed by atoms with Crippen molar-refractivity contribution in [3.63, 3.8) is 0 Å². The first-order valence-corrected chi connectivity index (χ1v) is 8.23. The van der Waals surface area contributed by atoms with Crippen molar-refractivity contribution in [3.8, 4) is 5.75 Å². The molecule has 6 heteroatoms. The van der Waals surface area contributed by atoms with E-state index in [9.17, 15) is 9.90 Å². The monoisotopic (exact) mass is 337 g/mol. The number of carbonyl (C=O) groups excluding carboxylic acids is 1. The topological polar surface area (TPSA) is 67.1 Å². The lowest BCUT2D eigenvalue weighted by Gasteiger charge is -2.35. The summed E-state index contributed by atoms with van der Waals surface area (Å²) >= 11 is 0. The fourth-order valence-corrected chi connectivity index (χ4v) is 2.88. The highest BCUT2D eigenvalue weighted by molar-refractivity contribution is 5.94. The molecule has 1 N–H and O–H groups in total. The Morgan fingerprint density at radius 1 is 1.20 bits per heavy atom. The maximum Gasteiger partial charge on any atom is 0.254 e. The number of hydrogen-bond donors (Lipinski definition) is 1. The van der Waals surface area contributed by atoms with Gasteiger partial charge in [-0.2, -0.15) is 0 Å². The van der Waals surface area contributed by atoms with Crippen molar-refractivity contribution >= 4 is 11.6 Å². The van der Waals surface area contributed by atoms with E-state index in [2.05, 4.69) is 4.98 Å². The van der Waals surface area contributed by atoms with Gasteiger partial charge in [-0.3, -0.25) is 4.79 Å². The minimum atomic E-state index is -0.388. The molecule has 1 fully saturated rings. The van der Waals surface area contributed by atoms with Crippen molar-refractivity contribution in [2.75, 3.05) is 13.1 Å². The van der Waals surface area contributed by atoms with Gasteiger partial charge in [0, 0.05) is 31.0 Å². The zero-order valence-electron chi connectivity index (χ0n) is 13.9. The number of rotatable bonds is 4. The van der Waals surface area contributed by atoms with E-state index in [-0.39, 0.29) is 12.0 Å². The number of aliphatic hydroxyl groups is 1. The highest BCUT2D eigenvalue weighted by Crippen LogP contribution is 2.18. The largest absolute Gasteiger partial charge is 0.487 e. The summed E-state index contributed by atoms with van der Waals surface area (Å²) in [6.45, 7) is 3.22. The predicted molar refractivity (Wildman–Crippen MR) is 92.6 cm³/mol. The Morgan fingerprint density at radius 2 is 1.96 bits per heavy atom. The third-order valence-corrected chi connectivity index (χ3v) is 4.29. The van der Waals surface area contributed by atoms with Crippen LogP contribution in [-0.4, -0.2) is 44.5 Å². The number of amides is 1. The van der Waals surface area contributed by atoms with E-state index in [0.717, 1.165) is 11.3 Å². The molecule has 1 amide bonds. The smallest absolute Gasteiger partial charge is 0.254 e. The van der Waals surface area contributed by atoms with Gasteiger partial charge in [0.15, 0.2) is 0 Å². The first-order chi connectivity index (χ1) is 12.1. The maximum absolute atomic E-state index is 12.2. The van der Waals surface area contributed by atoms with E-state index in [0.29, 0.717) is 31.0 Å². The van der Waals surface area contributed by atoms with Crippen molar-refractivity contribution in [1.82, 2.24) is 14.3 Å². The Balaban J connectivity index is 1.39. The predicted octanol–water partition coefficient (Wildman–Crippen LogP) is 2.04. The number of likely N-dealkylation sites (tertiary alicyclic amines) is 1. The number of aliphatic hydroxyl groups excluding tert-OH is 1. The average Bonchev–Trinajstić information content (AvgIpc) is 2.99. The van der Waals surface area contributed by atoms with Crippen LogP contribution in [0.1, 0.15) is 21.6 Å². The van der Waals surface area contributed by atoms with Crippen molar-refractivity contribution in [1.29, 1.82) is 0 Å². The van der Waals surface area contributed by atoms with Crippen LogP contribution in [0, 0.1) is 6.92 Å². The molecule has 3 heterocycles. The number of β-amino-alcohol motifs (C(OH)–C–C–N with tert-alkyl or cyclic N) is 1. The molecule has 0 atom stereocenters. The summed E-state index contributed by atoms with van der Waals surface area (Å²) in [5.41, 5.74) is 3.51. The first-order valence-electron chi connectivity index (χ1n) is 8.23. The number of hydrogen-bond acceptors (Lipinski definition) is 4. The molecule has 1 aromatic carbocycles. The number of imidazole rings is 1. The summed E-state index contributed by atoms with van der Waals surface area (Å²) in [7, 11) is 0. The highest BCUT2D eigenvalue weighted by Gasteiger charge is 2.29. The van der Waals surface area contributed by atoms with E-state index in [1.54, 1.807) is 29.2 Å². The van der Waals surface area contributed by atoms with Gasteiger partial charge in [0.1, 0.15) is 18.0 Å². The standard InChI is InChI=1S/C19H19N3O3/c1-13-2-7-18-20-15(9-21(18)8-13)12-25-17-5-3-14(4-6-17)19(24)22-10-16(23)11-22/h2-9,16,23H,10-12H2,1H3. The quantitative estimate of drug-likeness (QED) is 0.791. The van der Waals surface area contributed by atoms with Crippen LogP contribution in [0.5, 0.6) is 5.75 Å². The molecule has 0 unspecified atom stereocenters. The van der Waals surface area contributed by atoms with Crippen molar-refractivity contribution < 1.29 is 14.6 Å². The van der Waals surface area contributed by atoms with Crippen molar-refractivity contribution in [3.05, 3.63) is 65.6 Å². The summed E-state index contributed by atoms with van der Waals surface area (Å²) in [5.74, 6) is 0.626. The van der Waals surface area contributed by atoms with Crippen LogP contribution in [0.15, 0.2) is 48.8 Å². The minimum absolute atomic E-state index is 0.0624. The number of benzene rings is 1. The van der Waals surface area contributed by atoms with Gasteiger partial charge in [-0.05, 0) is 42.8 Å². The Bertz CT molecular complexity index is 911. The normalized spacial score (nSPS) is 14.6. The summed E-state index contributed by atoms with van der Waals surface area (Å²) in [4.78, 5) is 18.3. The first kappa shape index (κ1) is 15.7. The molecule has 0 bridgehead atoms. The van der Waals surface area contributed by atoms with Crippen LogP contribution >= 0.6 is 0 Å². The summed E-state index contributed by atoms with van der Waals surface area (Å²) < 4.78 is 7.75. The number of aromatic nitrogens is 2. The number of nitrogens with zero attached hydrogens (tertiary/aromatic N) is 3. The summed E-state index contributed by atoms with van der Waals surface area (Å²) in [6.07, 6.45) is 3.59. The average molecular weight is 337 g/mol. The lowest BCUT2D eigenvalue weighted by Crippen LogP contribution is -2.53. The Hall–Kier alpha value is -2.86. The summed E-state index contributed by atoms with van der Waals surface area (Å²) in [5, 5.41) is 9.28. The molecule has 1 aliphatic heterocycles. The van der Waals surface area contributed by atoms with E-state index < -0.39 is 0 Å². The molecule has 1 aliphatic rings. The SMILES string of the molecule is Cc1ccc2nc(COc3ccc(C(=O)N4CC(O)C4)cc3)cn2c1. The lowest BCUT2D eigenvalue weighted by molar-refractivity contribution is 0.00589. The van der Waals surface area contributed by atoms with Crippen LogP contribution < -0.4 is 4.74 Å². The van der Waals surface area contributed by atoms with E-state index in [1.807, 2.05) is 35.9 Å². The van der Waals surface area contributed by atoms with E-state index in [4.69, 9.17) is 4.74 Å². The molecule has 6 nitrogen and oxygen atoms in total. The third kappa shape index (κ3) is 3.21. The molecule has 0 radical (unpaired) electrons. The van der Waals surface area contributed by atoms with Crippen molar-refractivity contribution in [2.45, 2.75) is 19.6 Å². The van der Waals surface area contributed by atoms with Crippen molar-refractivity contribution in [2.24, 2.45) is 0 Å². The zero-order valence-corrected chi connectivity index (χ0v) is 13.9. The second-order valence-electron chi connectivity index (χ2n) is 6.38.